The number of nitrogens with one attached hydrogen (secondary N) is 1. The molecule has 7 heteroatoms. The van der Waals surface area contributed by atoms with E-state index in [0.717, 1.165) is 11.1 Å². The molecule has 0 aliphatic carbocycles. The summed E-state index contributed by atoms with van der Waals surface area (Å²) < 4.78 is 24.5. The van der Waals surface area contributed by atoms with E-state index in [1.165, 1.54) is 10.6 Å². The topological polar surface area (TPSA) is 79.4 Å². The number of carbonyl (C=O) groups is 1. The van der Waals surface area contributed by atoms with Crippen molar-refractivity contribution in [1.82, 2.24) is 14.6 Å². The van der Waals surface area contributed by atoms with Gasteiger partial charge in [-0.15, -0.1) is 0 Å². The summed E-state index contributed by atoms with van der Waals surface area (Å²) in [6.07, 6.45) is 4.91. The zero-order valence-corrected chi connectivity index (χ0v) is 11.8. The molecule has 0 aromatic carbocycles. The number of rotatable bonds is 3. The number of nitrogens with zero attached hydrogens (tertiary/aromatic N) is 2. The van der Waals surface area contributed by atoms with E-state index in [1.807, 2.05) is 6.92 Å². The first-order valence-electron chi connectivity index (χ1n) is 6.12. The molecule has 1 aromatic heterocycles. The van der Waals surface area contributed by atoms with Crippen LogP contribution in [0.3, 0.4) is 0 Å². The van der Waals surface area contributed by atoms with Gasteiger partial charge in [0.15, 0.2) is 0 Å². The first-order chi connectivity index (χ1) is 8.93. The van der Waals surface area contributed by atoms with Crippen molar-refractivity contribution < 1.29 is 13.2 Å². The third-order valence-electron chi connectivity index (χ3n) is 3.16. The minimum atomic E-state index is -3.21. The number of hydrogen-bond donors (Lipinski definition) is 1. The van der Waals surface area contributed by atoms with E-state index in [2.05, 4.69) is 10.3 Å². The maximum atomic E-state index is 11.9. The van der Waals surface area contributed by atoms with Gasteiger partial charge in [0.05, 0.1) is 11.8 Å². The molecule has 0 saturated carbocycles. The molecule has 1 aromatic rings. The Labute approximate surface area is 112 Å². The molecule has 0 atom stereocenters. The molecule has 0 spiro atoms. The van der Waals surface area contributed by atoms with E-state index in [0.29, 0.717) is 25.1 Å². The Bertz CT molecular complexity index is 598. The smallest absolute Gasteiger partial charge is 0.253 e. The van der Waals surface area contributed by atoms with Gasteiger partial charge in [0.25, 0.3) is 5.91 Å². The van der Waals surface area contributed by atoms with Crippen LogP contribution in [0.15, 0.2) is 12.4 Å². The van der Waals surface area contributed by atoms with Crippen LogP contribution in [0.5, 0.6) is 0 Å². The van der Waals surface area contributed by atoms with Gasteiger partial charge < -0.3 is 5.32 Å². The first kappa shape index (κ1) is 14.0. The van der Waals surface area contributed by atoms with Crippen LogP contribution in [0.25, 0.3) is 0 Å². The highest BCUT2D eigenvalue weighted by Crippen LogP contribution is 2.22. The Morgan fingerprint density at radius 3 is 2.84 bits per heavy atom. The highest BCUT2D eigenvalue weighted by Gasteiger charge is 2.26. The monoisotopic (exact) mass is 283 g/mol. The highest BCUT2D eigenvalue weighted by atomic mass is 32.2. The van der Waals surface area contributed by atoms with Crippen LogP contribution in [-0.2, 0) is 23.0 Å². The summed E-state index contributed by atoms with van der Waals surface area (Å²) in [7, 11) is -3.21. The summed E-state index contributed by atoms with van der Waals surface area (Å²) in [5, 5.41) is 2.74. The Morgan fingerprint density at radius 1 is 1.47 bits per heavy atom. The second-order valence-corrected chi connectivity index (χ2v) is 6.51. The van der Waals surface area contributed by atoms with Crippen LogP contribution in [0, 0.1) is 0 Å². The number of fused-ring (bicyclic) bond motifs is 1. The Kier molecular flexibility index (Phi) is 3.86. The Balaban J connectivity index is 2.34. The van der Waals surface area contributed by atoms with Crippen molar-refractivity contribution in [3.05, 3.63) is 29.1 Å². The predicted octanol–water partition coefficient (Wildman–Crippen LogP) is 0.149. The van der Waals surface area contributed by atoms with Gasteiger partial charge >= 0.3 is 0 Å². The molecule has 0 radical (unpaired) electrons. The normalized spacial score (nSPS) is 15.9. The molecule has 0 saturated heterocycles. The lowest BCUT2D eigenvalue weighted by atomic mass is 9.98. The largest absolute Gasteiger partial charge is 0.352 e. The van der Waals surface area contributed by atoms with Crippen molar-refractivity contribution in [2.75, 3.05) is 19.3 Å². The lowest BCUT2D eigenvalue weighted by molar-refractivity contribution is 0.0954. The molecule has 1 N–H and O–H groups in total. The standard InChI is InChI=1S/C12H17N3O3S/c1-3-14-12(16)11-7-13-6-9-8-15(19(2,17)18)5-4-10(9)11/h6-7H,3-5,8H2,1-2H3,(H,14,16). The van der Waals surface area contributed by atoms with Gasteiger partial charge in [-0.3, -0.25) is 9.78 Å². The van der Waals surface area contributed by atoms with Crippen molar-refractivity contribution in [1.29, 1.82) is 0 Å². The summed E-state index contributed by atoms with van der Waals surface area (Å²) in [5.74, 6) is -0.153. The summed E-state index contributed by atoms with van der Waals surface area (Å²) in [6, 6.07) is 0. The highest BCUT2D eigenvalue weighted by molar-refractivity contribution is 7.88. The van der Waals surface area contributed by atoms with Gasteiger partial charge in [0, 0.05) is 32.0 Å². The number of pyridine rings is 1. The molecule has 2 rings (SSSR count). The van der Waals surface area contributed by atoms with Gasteiger partial charge in [0.1, 0.15) is 0 Å². The van der Waals surface area contributed by atoms with Crippen molar-refractivity contribution in [2.45, 2.75) is 19.9 Å². The lowest BCUT2D eigenvalue weighted by Crippen LogP contribution is -2.36. The van der Waals surface area contributed by atoms with Gasteiger partial charge in [-0.05, 0) is 24.5 Å². The third-order valence-corrected chi connectivity index (χ3v) is 4.41. The number of hydrogen-bond acceptors (Lipinski definition) is 4. The van der Waals surface area contributed by atoms with E-state index in [4.69, 9.17) is 0 Å². The summed E-state index contributed by atoms with van der Waals surface area (Å²) in [6.45, 7) is 3.10. The average Bonchev–Trinajstić information content (AvgIpc) is 2.36. The van der Waals surface area contributed by atoms with Gasteiger partial charge in [0.2, 0.25) is 10.0 Å². The van der Waals surface area contributed by atoms with Crippen molar-refractivity contribution in [2.24, 2.45) is 0 Å². The van der Waals surface area contributed by atoms with Crippen LogP contribution >= 0.6 is 0 Å². The minimum Gasteiger partial charge on any atom is -0.352 e. The molecule has 6 nitrogen and oxygen atoms in total. The minimum absolute atomic E-state index is 0.153. The fourth-order valence-corrected chi connectivity index (χ4v) is 3.00. The molecule has 1 aliphatic heterocycles. The zero-order chi connectivity index (χ0) is 14.0. The third kappa shape index (κ3) is 2.93. The zero-order valence-electron chi connectivity index (χ0n) is 11.0. The van der Waals surface area contributed by atoms with Gasteiger partial charge in [-0.1, -0.05) is 0 Å². The molecule has 0 fully saturated rings. The molecule has 0 unspecified atom stereocenters. The summed E-state index contributed by atoms with van der Waals surface area (Å²) in [5.41, 5.74) is 2.26. The molecule has 0 bridgehead atoms. The van der Waals surface area contributed by atoms with Crippen LogP contribution in [0.1, 0.15) is 28.4 Å². The van der Waals surface area contributed by atoms with E-state index in [9.17, 15) is 13.2 Å². The average molecular weight is 283 g/mol. The number of sulfonamides is 1. The molecule has 104 valence electrons. The molecule has 19 heavy (non-hydrogen) atoms. The number of aromatic nitrogens is 1. The molecule has 1 aliphatic rings. The second-order valence-electron chi connectivity index (χ2n) is 4.53. The fourth-order valence-electron chi connectivity index (χ4n) is 2.20. The lowest BCUT2D eigenvalue weighted by Gasteiger charge is -2.27. The molecule has 2 heterocycles. The molecular weight excluding hydrogens is 266 g/mol. The van der Waals surface area contributed by atoms with Crippen LogP contribution < -0.4 is 5.32 Å². The fraction of sp³-hybridized carbons (Fsp3) is 0.500. The van der Waals surface area contributed by atoms with Gasteiger partial charge in [-0.2, -0.15) is 4.31 Å². The maximum Gasteiger partial charge on any atom is 0.253 e. The van der Waals surface area contributed by atoms with Gasteiger partial charge in [-0.25, -0.2) is 8.42 Å². The van der Waals surface area contributed by atoms with Crippen molar-refractivity contribution >= 4 is 15.9 Å². The van der Waals surface area contributed by atoms with E-state index in [1.54, 1.807) is 12.4 Å². The molecular formula is C12H17N3O3S. The SMILES string of the molecule is CCNC(=O)c1cncc2c1CCN(S(C)(=O)=O)C2. The second kappa shape index (κ2) is 5.26. The molecule has 1 amide bonds. The first-order valence-corrected chi connectivity index (χ1v) is 7.97. The number of amides is 1. The number of carbonyl (C=O) groups excluding carboxylic acids is 1. The van der Waals surface area contributed by atoms with Crippen LogP contribution in [-0.4, -0.2) is 43.0 Å². The van der Waals surface area contributed by atoms with E-state index in [-0.39, 0.29) is 12.5 Å². The quantitative estimate of drug-likeness (QED) is 0.856. The van der Waals surface area contributed by atoms with Crippen LogP contribution in [0.4, 0.5) is 0 Å². The van der Waals surface area contributed by atoms with Crippen molar-refractivity contribution in [3.8, 4) is 0 Å². The van der Waals surface area contributed by atoms with Crippen molar-refractivity contribution in [3.63, 3.8) is 0 Å². The summed E-state index contributed by atoms with van der Waals surface area (Å²) >= 11 is 0. The predicted molar refractivity (Wildman–Crippen MR) is 71.2 cm³/mol. The van der Waals surface area contributed by atoms with E-state index >= 15 is 0 Å². The maximum absolute atomic E-state index is 11.9. The Hall–Kier alpha value is -1.47. The summed E-state index contributed by atoms with van der Waals surface area (Å²) in [4.78, 5) is 15.9. The Morgan fingerprint density at radius 2 is 2.21 bits per heavy atom. The van der Waals surface area contributed by atoms with Crippen LogP contribution in [0.2, 0.25) is 0 Å². The van der Waals surface area contributed by atoms with E-state index < -0.39 is 10.0 Å².